The summed E-state index contributed by atoms with van der Waals surface area (Å²) < 4.78 is 20.6. The number of aliphatic hydroxyl groups is 1. The lowest BCUT2D eigenvalue weighted by Crippen LogP contribution is -2.29. The maximum Gasteiger partial charge on any atom is 0.301 e. The van der Waals surface area contributed by atoms with Crippen LogP contribution in [0.25, 0.3) is 5.76 Å². The number of hydrogen-bond acceptors (Lipinski definition) is 8. The van der Waals surface area contributed by atoms with Crippen LogP contribution in [0.3, 0.4) is 0 Å². The van der Waals surface area contributed by atoms with Crippen molar-refractivity contribution >= 4 is 45.7 Å². The molecule has 0 aliphatic carbocycles. The third kappa shape index (κ3) is 5.93. The van der Waals surface area contributed by atoms with E-state index < -0.39 is 23.5 Å². The Balaban J connectivity index is 1.49. The second kappa shape index (κ2) is 12.4. The number of aliphatic hydroxyl groups excluding tert-OH is 1. The van der Waals surface area contributed by atoms with E-state index in [1.54, 1.807) is 30.3 Å². The number of halogens is 1. The highest BCUT2D eigenvalue weighted by atomic mass is 32.2. The summed E-state index contributed by atoms with van der Waals surface area (Å²) in [7, 11) is 0. The fraction of sp³-hybridized carbons (Fsp3) is 0.200. The highest BCUT2D eigenvalue weighted by molar-refractivity contribution is 8.00. The van der Waals surface area contributed by atoms with Gasteiger partial charge in [0.05, 0.1) is 18.2 Å². The van der Waals surface area contributed by atoms with Crippen molar-refractivity contribution in [1.82, 2.24) is 10.2 Å². The zero-order valence-electron chi connectivity index (χ0n) is 21.6. The van der Waals surface area contributed by atoms with Crippen molar-refractivity contribution in [3.8, 4) is 5.75 Å². The van der Waals surface area contributed by atoms with E-state index in [2.05, 4.69) is 17.1 Å². The van der Waals surface area contributed by atoms with Crippen molar-refractivity contribution in [3.63, 3.8) is 0 Å². The third-order valence-corrected chi connectivity index (χ3v) is 8.44. The van der Waals surface area contributed by atoms with Crippen LogP contribution < -0.4 is 9.64 Å². The Bertz CT molecular complexity index is 1540. The molecule has 1 atom stereocenters. The van der Waals surface area contributed by atoms with E-state index in [1.807, 2.05) is 30.3 Å². The number of nitrogens with zero attached hydrogens (tertiary/aromatic N) is 3. The van der Waals surface area contributed by atoms with Gasteiger partial charge in [0.15, 0.2) is 4.34 Å². The number of ketones is 1. The van der Waals surface area contributed by atoms with Crippen LogP contribution in [-0.4, -0.2) is 33.6 Å². The highest BCUT2D eigenvalue weighted by Gasteiger charge is 2.48. The molecule has 7 nitrogen and oxygen atoms in total. The number of benzene rings is 3. The molecule has 1 amide bonds. The van der Waals surface area contributed by atoms with Gasteiger partial charge in [-0.3, -0.25) is 14.5 Å². The zero-order valence-corrected chi connectivity index (χ0v) is 23.3. The zero-order chi connectivity index (χ0) is 28.1. The van der Waals surface area contributed by atoms with Crippen LogP contribution in [0.2, 0.25) is 0 Å². The summed E-state index contributed by atoms with van der Waals surface area (Å²) in [5.41, 5.74) is 1.61. The topological polar surface area (TPSA) is 92.6 Å². The maximum atomic E-state index is 14.3. The average molecular weight is 576 g/mol. The summed E-state index contributed by atoms with van der Waals surface area (Å²) >= 11 is 2.61. The van der Waals surface area contributed by atoms with Gasteiger partial charge < -0.3 is 9.84 Å². The van der Waals surface area contributed by atoms with E-state index in [1.165, 1.54) is 34.9 Å². The van der Waals surface area contributed by atoms with Gasteiger partial charge in [-0.2, -0.15) is 0 Å². The van der Waals surface area contributed by atoms with Crippen LogP contribution in [-0.2, 0) is 15.3 Å². The largest absolute Gasteiger partial charge is 0.507 e. The lowest BCUT2D eigenvalue weighted by Gasteiger charge is -2.22. The molecule has 40 heavy (non-hydrogen) atoms. The van der Waals surface area contributed by atoms with Crippen LogP contribution in [0, 0.1) is 5.82 Å². The number of carbonyl (C=O) groups is 2. The van der Waals surface area contributed by atoms with Gasteiger partial charge in [0.1, 0.15) is 17.3 Å². The fourth-order valence-electron chi connectivity index (χ4n) is 4.30. The molecule has 1 saturated heterocycles. The number of aromatic nitrogens is 2. The Morgan fingerprint density at radius 2 is 1.82 bits per heavy atom. The molecule has 204 valence electrons. The molecule has 0 radical (unpaired) electrons. The van der Waals surface area contributed by atoms with Gasteiger partial charge >= 0.3 is 5.91 Å². The van der Waals surface area contributed by atoms with E-state index in [9.17, 15) is 19.1 Å². The second-order valence-corrected chi connectivity index (χ2v) is 11.3. The summed E-state index contributed by atoms with van der Waals surface area (Å²) in [6.45, 7) is 2.64. The summed E-state index contributed by atoms with van der Waals surface area (Å²) in [6, 6.07) is 21.0. The van der Waals surface area contributed by atoms with E-state index in [4.69, 9.17) is 4.74 Å². The molecule has 3 aromatic carbocycles. The van der Waals surface area contributed by atoms with Crippen LogP contribution >= 0.6 is 23.1 Å². The summed E-state index contributed by atoms with van der Waals surface area (Å²) in [6.07, 6.45) is 1.91. The number of amides is 1. The van der Waals surface area contributed by atoms with Crippen molar-refractivity contribution in [1.29, 1.82) is 0 Å². The number of rotatable bonds is 10. The predicted octanol–water partition coefficient (Wildman–Crippen LogP) is 6.77. The standard InChI is InChI=1S/C30H26FN3O4S2/c1-2-3-16-38-23-14-12-20(13-15-23)26(35)24-25(21-10-7-11-22(31)17-21)34(28(37)27(24)36)29-32-33-30(40-29)39-18-19-8-5-4-6-9-19/h4-15,17,25,35H,2-3,16,18H2,1H3/t25-/m1/s1. The summed E-state index contributed by atoms with van der Waals surface area (Å²) in [5.74, 6) is -1.37. The average Bonchev–Trinajstić information content (AvgIpc) is 3.54. The minimum absolute atomic E-state index is 0.149. The minimum atomic E-state index is -1.09. The van der Waals surface area contributed by atoms with Crippen LogP contribution in [0.15, 0.2) is 88.8 Å². The Labute approximate surface area is 239 Å². The van der Waals surface area contributed by atoms with Gasteiger partial charge in [-0.05, 0) is 53.9 Å². The monoisotopic (exact) mass is 575 g/mol. The molecule has 2 heterocycles. The van der Waals surface area contributed by atoms with E-state index in [0.29, 0.717) is 33.6 Å². The number of unbranched alkanes of at least 4 members (excludes halogenated alkanes) is 1. The molecule has 1 N–H and O–H groups in total. The maximum absolute atomic E-state index is 14.3. The van der Waals surface area contributed by atoms with Gasteiger partial charge in [0, 0.05) is 11.3 Å². The Hall–Kier alpha value is -4.02. The molecule has 1 aliphatic heterocycles. The van der Waals surface area contributed by atoms with Crippen LogP contribution in [0.1, 0.15) is 42.5 Å². The number of anilines is 1. The number of ether oxygens (including phenoxy) is 1. The molecule has 0 saturated carbocycles. The van der Waals surface area contributed by atoms with Crippen LogP contribution in [0.5, 0.6) is 5.75 Å². The quantitative estimate of drug-likeness (QED) is 0.0557. The molecule has 1 fully saturated rings. The smallest absolute Gasteiger partial charge is 0.301 e. The Kier molecular flexibility index (Phi) is 8.57. The Morgan fingerprint density at radius 3 is 2.55 bits per heavy atom. The first-order valence-corrected chi connectivity index (χ1v) is 14.6. The predicted molar refractivity (Wildman–Crippen MR) is 154 cm³/mol. The molecule has 10 heteroatoms. The first-order chi connectivity index (χ1) is 19.5. The second-order valence-electron chi connectivity index (χ2n) is 9.08. The molecule has 0 unspecified atom stereocenters. The third-order valence-electron chi connectivity index (χ3n) is 6.31. The number of thioether (sulfide) groups is 1. The fourth-order valence-corrected chi connectivity index (χ4v) is 6.12. The molecular formula is C30H26FN3O4S2. The molecule has 0 bridgehead atoms. The summed E-state index contributed by atoms with van der Waals surface area (Å²) in [5, 5.41) is 19.9. The van der Waals surface area contributed by atoms with Gasteiger partial charge in [-0.1, -0.05) is 78.9 Å². The molecule has 5 rings (SSSR count). The number of hydrogen-bond donors (Lipinski definition) is 1. The molecule has 1 aliphatic rings. The Morgan fingerprint density at radius 1 is 1.05 bits per heavy atom. The molecular weight excluding hydrogens is 549 g/mol. The lowest BCUT2D eigenvalue weighted by atomic mass is 9.95. The SMILES string of the molecule is CCCCOc1ccc(C(O)=C2C(=O)C(=O)N(c3nnc(SCc4ccccc4)s3)[C@@H]2c2cccc(F)c2)cc1. The van der Waals surface area contributed by atoms with Crippen molar-refractivity contribution in [2.24, 2.45) is 0 Å². The lowest BCUT2D eigenvalue weighted by molar-refractivity contribution is -0.132. The van der Waals surface area contributed by atoms with Crippen molar-refractivity contribution < 1.29 is 23.8 Å². The van der Waals surface area contributed by atoms with Gasteiger partial charge in [0.25, 0.3) is 5.78 Å². The molecule has 0 spiro atoms. The first kappa shape index (κ1) is 27.5. The van der Waals surface area contributed by atoms with Gasteiger partial charge in [-0.25, -0.2) is 4.39 Å². The normalized spacial score (nSPS) is 16.4. The van der Waals surface area contributed by atoms with Gasteiger partial charge in [0.2, 0.25) is 5.13 Å². The van der Waals surface area contributed by atoms with Crippen LogP contribution in [0.4, 0.5) is 9.52 Å². The van der Waals surface area contributed by atoms with Crippen molar-refractivity contribution in [3.05, 3.63) is 107 Å². The minimum Gasteiger partial charge on any atom is -0.507 e. The molecule has 4 aromatic rings. The summed E-state index contributed by atoms with van der Waals surface area (Å²) in [4.78, 5) is 27.9. The van der Waals surface area contributed by atoms with E-state index >= 15 is 0 Å². The first-order valence-electron chi connectivity index (χ1n) is 12.8. The number of Topliss-reactive ketones (excluding diaryl/α,β-unsaturated/α-hetero) is 1. The highest BCUT2D eigenvalue weighted by Crippen LogP contribution is 2.44. The van der Waals surface area contributed by atoms with Crippen molar-refractivity contribution in [2.45, 2.75) is 35.9 Å². The van der Waals surface area contributed by atoms with E-state index in [0.717, 1.165) is 29.7 Å². The molecule has 1 aromatic heterocycles. The van der Waals surface area contributed by atoms with E-state index in [-0.39, 0.29) is 16.5 Å². The number of carbonyl (C=O) groups excluding carboxylic acids is 2. The van der Waals surface area contributed by atoms with Crippen molar-refractivity contribution in [2.75, 3.05) is 11.5 Å². The van der Waals surface area contributed by atoms with Gasteiger partial charge in [-0.15, -0.1) is 10.2 Å².